The molecule has 1 saturated carbocycles. The smallest absolute Gasteiger partial charge is 0.0192 e. The predicted molar refractivity (Wildman–Crippen MR) is 77.8 cm³/mol. The van der Waals surface area contributed by atoms with Crippen molar-refractivity contribution >= 4 is 11.8 Å². The molecule has 1 saturated heterocycles. The van der Waals surface area contributed by atoms with Crippen molar-refractivity contribution in [2.75, 3.05) is 25.4 Å². The number of nitrogens with one attached hydrogen (secondary N) is 1. The third-order valence-corrected chi connectivity index (χ3v) is 5.51. The molecule has 0 aromatic heterocycles. The average molecular weight is 256 g/mol. The Morgan fingerprint density at radius 2 is 2.18 bits per heavy atom. The van der Waals surface area contributed by atoms with Gasteiger partial charge in [-0.3, -0.25) is 4.90 Å². The average Bonchev–Trinajstić information content (AvgIpc) is 2.67. The molecule has 1 heterocycles. The largest absolute Gasteiger partial charge is 0.313 e. The molecule has 2 aliphatic rings. The molecule has 3 unspecified atom stereocenters. The van der Waals surface area contributed by atoms with Crippen molar-refractivity contribution in [3.63, 3.8) is 0 Å². The molecule has 3 atom stereocenters. The van der Waals surface area contributed by atoms with Crippen LogP contribution in [0.25, 0.3) is 0 Å². The minimum atomic E-state index is 0.732. The third-order valence-electron chi connectivity index (χ3n) is 4.28. The van der Waals surface area contributed by atoms with Crippen molar-refractivity contribution in [1.29, 1.82) is 0 Å². The Kier molecular flexibility index (Phi) is 5.64. The fraction of sp³-hybridized carbons (Fsp3) is 1.00. The molecule has 0 aromatic carbocycles. The van der Waals surface area contributed by atoms with Crippen LogP contribution in [0.4, 0.5) is 0 Å². The number of nitrogens with zero attached hydrogens (tertiary/aromatic N) is 1. The maximum Gasteiger partial charge on any atom is 0.0192 e. The first-order valence-corrected chi connectivity index (χ1v) is 8.47. The zero-order valence-corrected chi connectivity index (χ0v) is 12.3. The van der Waals surface area contributed by atoms with Crippen molar-refractivity contribution in [2.24, 2.45) is 0 Å². The van der Waals surface area contributed by atoms with E-state index in [2.05, 4.69) is 35.8 Å². The first-order chi connectivity index (χ1) is 8.33. The van der Waals surface area contributed by atoms with Gasteiger partial charge in [-0.05, 0) is 50.9 Å². The molecular formula is C14H28N2S. The van der Waals surface area contributed by atoms with E-state index in [1.54, 1.807) is 0 Å². The van der Waals surface area contributed by atoms with Crippen molar-refractivity contribution < 1.29 is 0 Å². The second kappa shape index (κ2) is 7.01. The zero-order valence-electron chi connectivity index (χ0n) is 11.5. The topological polar surface area (TPSA) is 15.3 Å². The summed E-state index contributed by atoms with van der Waals surface area (Å²) in [6.07, 6.45) is 6.93. The van der Waals surface area contributed by atoms with Gasteiger partial charge in [-0.1, -0.05) is 13.8 Å². The monoisotopic (exact) mass is 256 g/mol. The number of hydrogen-bond donors (Lipinski definition) is 1. The molecule has 3 heteroatoms. The maximum atomic E-state index is 3.67. The first kappa shape index (κ1) is 13.7. The molecule has 1 N–H and O–H groups in total. The summed E-state index contributed by atoms with van der Waals surface area (Å²) in [5, 5.41) is 4.62. The lowest BCUT2D eigenvalue weighted by molar-refractivity contribution is 0.194. The van der Waals surface area contributed by atoms with Crippen LogP contribution >= 0.6 is 11.8 Å². The molecule has 0 spiro atoms. The van der Waals surface area contributed by atoms with Crippen molar-refractivity contribution in [1.82, 2.24) is 10.2 Å². The van der Waals surface area contributed by atoms with Gasteiger partial charge >= 0.3 is 0 Å². The lowest BCUT2D eigenvalue weighted by Crippen LogP contribution is -2.41. The van der Waals surface area contributed by atoms with Gasteiger partial charge in [-0.2, -0.15) is 11.8 Å². The van der Waals surface area contributed by atoms with Crippen LogP contribution < -0.4 is 5.32 Å². The first-order valence-electron chi connectivity index (χ1n) is 7.42. The molecule has 2 rings (SSSR count). The highest BCUT2D eigenvalue weighted by atomic mass is 32.2. The lowest BCUT2D eigenvalue weighted by Gasteiger charge is -2.29. The van der Waals surface area contributed by atoms with Gasteiger partial charge in [-0.25, -0.2) is 0 Å². The lowest BCUT2D eigenvalue weighted by atomic mass is 10.1. The fourth-order valence-electron chi connectivity index (χ4n) is 3.27. The quantitative estimate of drug-likeness (QED) is 0.832. The van der Waals surface area contributed by atoms with Gasteiger partial charge in [0.05, 0.1) is 0 Å². The Balaban J connectivity index is 1.84. The van der Waals surface area contributed by atoms with Crippen LogP contribution in [-0.2, 0) is 0 Å². The van der Waals surface area contributed by atoms with Crippen LogP contribution in [-0.4, -0.2) is 47.6 Å². The van der Waals surface area contributed by atoms with E-state index < -0.39 is 0 Å². The van der Waals surface area contributed by atoms with Crippen LogP contribution in [0.15, 0.2) is 0 Å². The van der Waals surface area contributed by atoms with Crippen LogP contribution in [0.1, 0.15) is 46.0 Å². The summed E-state index contributed by atoms with van der Waals surface area (Å²) in [5.74, 6) is 1.29. The summed E-state index contributed by atoms with van der Waals surface area (Å²) in [6, 6.07) is 1.61. The zero-order chi connectivity index (χ0) is 12.1. The fourth-order valence-corrected chi connectivity index (χ4v) is 4.40. The van der Waals surface area contributed by atoms with Gasteiger partial charge < -0.3 is 5.32 Å². The Morgan fingerprint density at radius 1 is 1.29 bits per heavy atom. The van der Waals surface area contributed by atoms with Gasteiger partial charge in [0.2, 0.25) is 0 Å². The molecule has 100 valence electrons. The maximum absolute atomic E-state index is 3.67. The van der Waals surface area contributed by atoms with Crippen molar-refractivity contribution in [3.05, 3.63) is 0 Å². The summed E-state index contributed by atoms with van der Waals surface area (Å²) in [6.45, 7) is 8.42. The Morgan fingerprint density at radius 3 is 2.94 bits per heavy atom. The highest BCUT2D eigenvalue weighted by Crippen LogP contribution is 2.33. The summed E-state index contributed by atoms with van der Waals surface area (Å²) in [7, 11) is 0. The van der Waals surface area contributed by atoms with E-state index in [0.717, 1.165) is 17.3 Å². The Hall–Kier alpha value is 0.270. The van der Waals surface area contributed by atoms with Crippen LogP contribution in [0, 0.1) is 0 Å². The van der Waals surface area contributed by atoms with E-state index in [1.165, 1.54) is 57.5 Å². The summed E-state index contributed by atoms with van der Waals surface area (Å²) >= 11 is 2.18. The second-order valence-electron chi connectivity index (χ2n) is 5.45. The minimum absolute atomic E-state index is 0.732. The molecule has 1 aliphatic heterocycles. The number of thioether (sulfide) groups is 1. The number of rotatable bonds is 4. The van der Waals surface area contributed by atoms with Crippen LogP contribution in [0.3, 0.4) is 0 Å². The normalized spacial score (nSPS) is 36.0. The predicted octanol–water partition coefficient (Wildman–Crippen LogP) is 2.73. The van der Waals surface area contributed by atoms with E-state index in [1.807, 2.05) is 0 Å². The molecule has 0 bridgehead atoms. The van der Waals surface area contributed by atoms with Crippen LogP contribution in [0.5, 0.6) is 0 Å². The van der Waals surface area contributed by atoms with E-state index >= 15 is 0 Å². The Bertz CT molecular complexity index is 222. The minimum Gasteiger partial charge on any atom is -0.313 e. The second-order valence-corrected chi connectivity index (χ2v) is 7.03. The number of hydrogen-bond acceptors (Lipinski definition) is 3. The van der Waals surface area contributed by atoms with E-state index in [-0.39, 0.29) is 0 Å². The van der Waals surface area contributed by atoms with Gasteiger partial charge in [-0.15, -0.1) is 0 Å². The SMILES string of the molecule is CCSC1CCC(N2CCCNC(CC)C2)C1. The highest BCUT2D eigenvalue weighted by Gasteiger charge is 2.30. The molecule has 1 aliphatic carbocycles. The van der Waals surface area contributed by atoms with E-state index in [9.17, 15) is 0 Å². The van der Waals surface area contributed by atoms with E-state index in [4.69, 9.17) is 0 Å². The summed E-state index contributed by atoms with van der Waals surface area (Å²) in [5.41, 5.74) is 0. The molecule has 0 radical (unpaired) electrons. The molecule has 0 amide bonds. The van der Waals surface area contributed by atoms with Gasteiger partial charge in [0, 0.05) is 23.9 Å². The molecular weight excluding hydrogens is 228 g/mol. The molecule has 0 aromatic rings. The summed E-state index contributed by atoms with van der Waals surface area (Å²) in [4.78, 5) is 2.78. The molecule has 2 fully saturated rings. The van der Waals surface area contributed by atoms with E-state index in [0.29, 0.717) is 0 Å². The van der Waals surface area contributed by atoms with Gasteiger partial charge in [0.15, 0.2) is 0 Å². The van der Waals surface area contributed by atoms with Crippen LogP contribution in [0.2, 0.25) is 0 Å². The van der Waals surface area contributed by atoms with Crippen molar-refractivity contribution in [2.45, 2.75) is 63.3 Å². The standard InChI is InChI=1S/C14H28N2S/c1-3-12-11-16(9-5-8-15-12)13-6-7-14(10-13)17-4-2/h12-15H,3-11H2,1-2H3. The summed E-state index contributed by atoms with van der Waals surface area (Å²) < 4.78 is 0. The van der Waals surface area contributed by atoms with Gasteiger partial charge in [0.1, 0.15) is 0 Å². The third kappa shape index (κ3) is 3.87. The molecule has 2 nitrogen and oxygen atoms in total. The highest BCUT2D eigenvalue weighted by molar-refractivity contribution is 7.99. The van der Waals surface area contributed by atoms with Crippen molar-refractivity contribution in [3.8, 4) is 0 Å². The van der Waals surface area contributed by atoms with Gasteiger partial charge in [0.25, 0.3) is 0 Å². The Labute approximate surface area is 111 Å². The molecule has 17 heavy (non-hydrogen) atoms.